The van der Waals surface area contributed by atoms with Gasteiger partial charge in [0, 0.05) is 19.4 Å². The molecule has 0 aliphatic heterocycles. The van der Waals surface area contributed by atoms with E-state index in [0.717, 1.165) is 0 Å². The molecule has 0 fully saturated rings. The molecule has 3 aromatic rings. The van der Waals surface area contributed by atoms with Gasteiger partial charge >= 0.3 is 0 Å². The lowest BCUT2D eigenvalue weighted by Gasteiger charge is -2.04. The van der Waals surface area contributed by atoms with Crippen LogP contribution in [0.3, 0.4) is 0 Å². The lowest BCUT2D eigenvalue weighted by Crippen LogP contribution is -2.23. The highest BCUT2D eigenvalue weighted by Crippen LogP contribution is 2.16. The summed E-state index contributed by atoms with van der Waals surface area (Å²) in [5.74, 6) is 0.720. The van der Waals surface area contributed by atoms with Crippen LogP contribution in [-0.2, 0) is 17.8 Å². The summed E-state index contributed by atoms with van der Waals surface area (Å²) < 4.78 is 23.3. The van der Waals surface area contributed by atoms with Gasteiger partial charge in [-0.2, -0.15) is 4.98 Å². The first kappa shape index (κ1) is 15.0. The molecule has 2 aromatic heterocycles. The summed E-state index contributed by atoms with van der Waals surface area (Å²) in [7, 11) is 0. The van der Waals surface area contributed by atoms with Crippen molar-refractivity contribution in [3.63, 3.8) is 0 Å². The SMILES string of the molecule is O=C(CCc1nc(-c2ccco2)no1)NCc1cccc(F)c1. The molecular weight excluding hydrogens is 301 g/mol. The number of hydrogen-bond acceptors (Lipinski definition) is 5. The molecule has 0 aliphatic carbocycles. The van der Waals surface area contributed by atoms with Crippen LogP contribution in [-0.4, -0.2) is 16.0 Å². The second-order valence-electron chi connectivity index (χ2n) is 4.90. The first-order chi connectivity index (χ1) is 11.2. The van der Waals surface area contributed by atoms with Crippen LogP contribution in [0.15, 0.2) is 51.6 Å². The number of aromatic nitrogens is 2. The van der Waals surface area contributed by atoms with Crippen molar-refractivity contribution in [2.75, 3.05) is 0 Å². The van der Waals surface area contributed by atoms with Crippen LogP contribution in [0.2, 0.25) is 0 Å². The van der Waals surface area contributed by atoms with Gasteiger partial charge in [0.2, 0.25) is 17.6 Å². The average molecular weight is 315 g/mol. The van der Waals surface area contributed by atoms with Crippen molar-refractivity contribution in [2.45, 2.75) is 19.4 Å². The monoisotopic (exact) mass is 315 g/mol. The molecule has 23 heavy (non-hydrogen) atoms. The van der Waals surface area contributed by atoms with Crippen molar-refractivity contribution >= 4 is 5.91 Å². The number of aryl methyl sites for hydroxylation is 1. The van der Waals surface area contributed by atoms with Crippen molar-refractivity contribution < 1.29 is 18.1 Å². The molecule has 118 valence electrons. The molecule has 0 unspecified atom stereocenters. The Balaban J connectivity index is 1.47. The zero-order valence-corrected chi connectivity index (χ0v) is 12.2. The Morgan fingerprint density at radius 3 is 2.96 bits per heavy atom. The number of benzene rings is 1. The molecule has 1 N–H and O–H groups in total. The van der Waals surface area contributed by atoms with Gasteiger partial charge in [-0.15, -0.1) is 0 Å². The van der Waals surface area contributed by atoms with E-state index in [1.807, 2.05) is 0 Å². The van der Waals surface area contributed by atoms with Crippen LogP contribution in [0, 0.1) is 5.82 Å². The minimum Gasteiger partial charge on any atom is -0.461 e. The fourth-order valence-electron chi connectivity index (χ4n) is 2.02. The zero-order chi connectivity index (χ0) is 16.1. The molecule has 2 heterocycles. The zero-order valence-electron chi connectivity index (χ0n) is 12.2. The van der Waals surface area contributed by atoms with Crippen LogP contribution >= 0.6 is 0 Å². The highest BCUT2D eigenvalue weighted by molar-refractivity contribution is 5.76. The molecule has 0 atom stereocenters. The number of carbonyl (C=O) groups is 1. The molecule has 0 spiro atoms. The van der Waals surface area contributed by atoms with Gasteiger partial charge in [0.05, 0.1) is 6.26 Å². The fraction of sp³-hybridized carbons (Fsp3) is 0.188. The summed E-state index contributed by atoms with van der Waals surface area (Å²) in [6.07, 6.45) is 2.04. The lowest BCUT2D eigenvalue weighted by atomic mass is 10.2. The van der Waals surface area contributed by atoms with Gasteiger partial charge in [-0.25, -0.2) is 4.39 Å². The second-order valence-corrected chi connectivity index (χ2v) is 4.90. The van der Waals surface area contributed by atoms with Crippen molar-refractivity contribution in [3.8, 4) is 11.6 Å². The predicted molar refractivity (Wildman–Crippen MR) is 78.6 cm³/mol. The Hall–Kier alpha value is -2.96. The smallest absolute Gasteiger partial charge is 0.238 e. The van der Waals surface area contributed by atoms with E-state index in [-0.39, 0.29) is 24.7 Å². The van der Waals surface area contributed by atoms with E-state index in [4.69, 9.17) is 8.94 Å². The molecular formula is C16H14FN3O3. The minimum atomic E-state index is -0.326. The summed E-state index contributed by atoms with van der Waals surface area (Å²) in [4.78, 5) is 16.0. The number of carbonyl (C=O) groups excluding carboxylic acids is 1. The van der Waals surface area contributed by atoms with Crippen LogP contribution in [0.25, 0.3) is 11.6 Å². The van der Waals surface area contributed by atoms with E-state index in [1.54, 1.807) is 24.3 Å². The standard InChI is InChI=1S/C16H14FN3O3/c17-12-4-1-3-11(9-12)10-18-14(21)6-7-15-19-16(20-23-15)13-5-2-8-22-13/h1-5,8-9H,6-7,10H2,(H,18,21). The third-order valence-electron chi connectivity index (χ3n) is 3.15. The molecule has 0 bridgehead atoms. The maximum absolute atomic E-state index is 13.0. The number of halogens is 1. The summed E-state index contributed by atoms with van der Waals surface area (Å²) in [5.41, 5.74) is 0.705. The number of amides is 1. The Morgan fingerprint density at radius 2 is 2.17 bits per heavy atom. The van der Waals surface area contributed by atoms with Crippen LogP contribution in [0.4, 0.5) is 4.39 Å². The van der Waals surface area contributed by atoms with Gasteiger partial charge in [0.15, 0.2) is 5.76 Å². The highest BCUT2D eigenvalue weighted by Gasteiger charge is 2.12. The van der Waals surface area contributed by atoms with E-state index in [1.165, 1.54) is 18.4 Å². The summed E-state index contributed by atoms with van der Waals surface area (Å²) in [6, 6.07) is 9.54. The van der Waals surface area contributed by atoms with Crippen LogP contribution < -0.4 is 5.32 Å². The van der Waals surface area contributed by atoms with Gasteiger partial charge in [-0.1, -0.05) is 17.3 Å². The molecule has 7 heteroatoms. The quantitative estimate of drug-likeness (QED) is 0.756. The summed E-state index contributed by atoms with van der Waals surface area (Å²) >= 11 is 0. The van der Waals surface area contributed by atoms with Gasteiger partial charge in [0.25, 0.3) is 0 Å². The van der Waals surface area contributed by atoms with Gasteiger partial charge in [-0.05, 0) is 29.8 Å². The van der Waals surface area contributed by atoms with E-state index >= 15 is 0 Å². The Bertz CT molecular complexity index is 783. The highest BCUT2D eigenvalue weighted by atomic mass is 19.1. The maximum Gasteiger partial charge on any atom is 0.238 e. The number of nitrogens with one attached hydrogen (secondary N) is 1. The van der Waals surface area contributed by atoms with Crippen molar-refractivity contribution in [1.29, 1.82) is 0 Å². The number of nitrogens with zero attached hydrogens (tertiary/aromatic N) is 2. The van der Waals surface area contributed by atoms with Gasteiger partial charge in [0.1, 0.15) is 5.82 Å². The Labute approximate surface area is 131 Å². The van der Waals surface area contributed by atoms with Gasteiger partial charge < -0.3 is 14.3 Å². The van der Waals surface area contributed by atoms with Crippen LogP contribution in [0.1, 0.15) is 17.9 Å². The van der Waals surface area contributed by atoms with E-state index in [0.29, 0.717) is 29.5 Å². The molecule has 0 aliphatic rings. The fourth-order valence-corrected chi connectivity index (χ4v) is 2.02. The van der Waals surface area contributed by atoms with Crippen LogP contribution in [0.5, 0.6) is 0 Å². The lowest BCUT2D eigenvalue weighted by molar-refractivity contribution is -0.121. The Kier molecular flexibility index (Phi) is 4.46. The van der Waals surface area contributed by atoms with Gasteiger partial charge in [-0.3, -0.25) is 4.79 Å². The molecule has 1 amide bonds. The molecule has 0 saturated heterocycles. The van der Waals surface area contributed by atoms with Crippen molar-refractivity contribution in [2.24, 2.45) is 0 Å². The van der Waals surface area contributed by atoms with E-state index < -0.39 is 0 Å². The minimum absolute atomic E-state index is 0.174. The van der Waals surface area contributed by atoms with Crippen molar-refractivity contribution in [3.05, 3.63) is 59.9 Å². The summed E-state index contributed by atoms with van der Waals surface area (Å²) in [5, 5.41) is 6.50. The molecule has 0 radical (unpaired) electrons. The predicted octanol–water partition coefficient (Wildman–Crippen LogP) is 2.72. The third-order valence-corrected chi connectivity index (χ3v) is 3.15. The normalized spacial score (nSPS) is 10.7. The topological polar surface area (TPSA) is 81.2 Å². The summed E-state index contributed by atoms with van der Waals surface area (Å²) in [6.45, 7) is 0.276. The molecule has 6 nitrogen and oxygen atoms in total. The molecule has 1 aromatic carbocycles. The third kappa shape index (κ3) is 4.03. The second kappa shape index (κ2) is 6.87. The molecule has 0 saturated carbocycles. The van der Waals surface area contributed by atoms with E-state index in [9.17, 15) is 9.18 Å². The Morgan fingerprint density at radius 1 is 1.26 bits per heavy atom. The maximum atomic E-state index is 13.0. The number of hydrogen-bond donors (Lipinski definition) is 1. The van der Waals surface area contributed by atoms with Crippen molar-refractivity contribution in [1.82, 2.24) is 15.5 Å². The number of rotatable bonds is 6. The first-order valence-corrected chi connectivity index (χ1v) is 7.08. The molecule has 3 rings (SSSR count). The average Bonchev–Trinajstić information content (AvgIpc) is 3.22. The van der Waals surface area contributed by atoms with E-state index in [2.05, 4.69) is 15.5 Å². The largest absolute Gasteiger partial charge is 0.461 e. The first-order valence-electron chi connectivity index (χ1n) is 7.08. The number of furan rings is 1.